The molecule has 0 spiro atoms. The summed E-state index contributed by atoms with van der Waals surface area (Å²) >= 11 is 3.07. The van der Waals surface area contributed by atoms with Gasteiger partial charge < -0.3 is 0 Å². The summed E-state index contributed by atoms with van der Waals surface area (Å²) in [5, 5.41) is 0. The first-order chi connectivity index (χ1) is 8.56. The minimum Gasteiger partial charge on any atom is -0.254 e. The van der Waals surface area contributed by atoms with Crippen LogP contribution in [0.5, 0.6) is 0 Å². The zero-order valence-corrected chi connectivity index (χ0v) is 11.6. The molecule has 0 radical (unpaired) electrons. The van der Waals surface area contributed by atoms with Crippen LogP contribution in [0, 0.1) is 11.6 Å². The van der Waals surface area contributed by atoms with Crippen molar-refractivity contribution in [2.75, 3.05) is 0 Å². The predicted molar refractivity (Wildman–Crippen MR) is 70.6 cm³/mol. The minimum atomic E-state index is -1.34. The van der Waals surface area contributed by atoms with Crippen LogP contribution in [0.15, 0.2) is 51.8 Å². The van der Waals surface area contributed by atoms with Crippen LogP contribution in [-0.4, -0.2) is 4.21 Å². The standard InChI is InChI=1S/C13H9BrF2OS/c14-12-6-9(4-5-13(12)16)8-18(17)11-3-1-2-10(15)7-11/h1-7H,8H2. The first-order valence-corrected chi connectivity index (χ1v) is 7.25. The van der Waals surface area contributed by atoms with Gasteiger partial charge in [-0.15, -0.1) is 0 Å². The van der Waals surface area contributed by atoms with Crippen molar-refractivity contribution in [1.82, 2.24) is 0 Å². The highest BCUT2D eigenvalue weighted by atomic mass is 79.9. The van der Waals surface area contributed by atoms with Crippen LogP contribution in [0.25, 0.3) is 0 Å². The Labute approximate surface area is 114 Å². The van der Waals surface area contributed by atoms with Crippen LogP contribution >= 0.6 is 15.9 Å². The summed E-state index contributed by atoms with van der Waals surface area (Å²) in [4.78, 5) is 0.426. The molecule has 1 atom stereocenters. The summed E-state index contributed by atoms with van der Waals surface area (Å²) < 4.78 is 38.4. The van der Waals surface area contributed by atoms with Crippen LogP contribution in [0.2, 0.25) is 0 Å². The van der Waals surface area contributed by atoms with Crippen LogP contribution < -0.4 is 0 Å². The molecule has 0 aromatic heterocycles. The Kier molecular flexibility index (Phi) is 4.24. The maximum atomic E-state index is 13.0. The fourth-order valence-corrected chi connectivity index (χ4v) is 3.02. The van der Waals surface area contributed by atoms with Gasteiger partial charge in [0.1, 0.15) is 11.6 Å². The van der Waals surface area contributed by atoms with Crippen molar-refractivity contribution >= 4 is 26.7 Å². The Morgan fingerprint density at radius 3 is 2.56 bits per heavy atom. The van der Waals surface area contributed by atoms with Gasteiger partial charge in [0.2, 0.25) is 0 Å². The van der Waals surface area contributed by atoms with E-state index in [1.54, 1.807) is 18.2 Å². The molecule has 18 heavy (non-hydrogen) atoms. The van der Waals surface area contributed by atoms with Crippen LogP contribution in [0.4, 0.5) is 8.78 Å². The molecule has 0 saturated carbocycles. The lowest BCUT2D eigenvalue weighted by Crippen LogP contribution is -1.97. The SMILES string of the molecule is O=S(Cc1ccc(F)c(Br)c1)c1cccc(F)c1. The largest absolute Gasteiger partial charge is 0.254 e. The van der Waals surface area contributed by atoms with Gasteiger partial charge in [-0.2, -0.15) is 0 Å². The fraction of sp³-hybridized carbons (Fsp3) is 0.0769. The lowest BCUT2D eigenvalue weighted by molar-refractivity contribution is 0.620. The molecule has 0 aliphatic heterocycles. The Hall–Kier alpha value is -1.07. The number of hydrogen-bond acceptors (Lipinski definition) is 1. The van der Waals surface area contributed by atoms with Gasteiger partial charge in [-0.3, -0.25) is 4.21 Å². The van der Waals surface area contributed by atoms with E-state index in [4.69, 9.17) is 0 Å². The Balaban J connectivity index is 2.18. The molecule has 0 amide bonds. The first-order valence-electron chi connectivity index (χ1n) is 5.14. The van der Waals surface area contributed by atoms with Gasteiger partial charge in [-0.25, -0.2) is 8.78 Å². The molecule has 0 aliphatic rings. The van der Waals surface area contributed by atoms with Crippen molar-refractivity contribution in [2.24, 2.45) is 0 Å². The predicted octanol–water partition coefficient (Wildman–Crippen LogP) is 4.04. The van der Waals surface area contributed by atoms with Crippen molar-refractivity contribution < 1.29 is 13.0 Å². The molecule has 2 aromatic carbocycles. The van der Waals surface area contributed by atoms with E-state index >= 15 is 0 Å². The van der Waals surface area contributed by atoms with Crippen molar-refractivity contribution in [1.29, 1.82) is 0 Å². The van der Waals surface area contributed by atoms with Crippen LogP contribution in [0.3, 0.4) is 0 Å². The molecule has 5 heteroatoms. The van der Waals surface area contributed by atoms with Gasteiger partial charge in [0.15, 0.2) is 0 Å². The summed E-state index contributed by atoms with van der Waals surface area (Å²) in [7, 11) is -1.34. The van der Waals surface area contributed by atoms with Crippen LogP contribution in [0.1, 0.15) is 5.56 Å². The molecule has 0 fully saturated rings. The molecule has 0 bridgehead atoms. The number of rotatable bonds is 3. The number of benzene rings is 2. The third-order valence-electron chi connectivity index (χ3n) is 2.34. The lowest BCUT2D eigenvalue weighted by atomic mass is 10.2. The maximum Gasteiger partial charge on any atom is 0.137 e. The first kappa shape index (κ1) is 13.4. The van der Waals surface area contributed by atoms with Crippen molar-refractivity contribution in [3.63, 3.8) is 0 Å². The Bertz CT molecular complexity index is 601. The number of hydrogen-bond donors (Lipinski definition) is 0. The summed E-state index contributed by atoms with van der Waals surface area (Å²) in [6.07, 6.45) is 0. The van der Waals surface area contributed by atoms with Crippen molar-refractivity contribution in [3.8, 4) is 0 Å². The van der Waals surface area contributed by atoms with Gasteiger partial charge in [0, 0.05) is 4.90 Å². The molecule has 0 aliphatic carbocycles. The van der Waals surface area contributed by atoms with E-state index in [1.165, 1.54) is 24.3 Å². The second-order valence-electron chi connectivity index (χ2n) is 3.70. The van der Waals surface area contributed by atoms with Crippen molar-refractivity contribution in [2.45, 2.75) is 10.6 Å². The smallest absolute Gasteiger partial charge is 0.137 e. The third kappa shape index (κ3) is 3.23. The summed E-state index contributed by atoms with van der Waals surface area (Å²) in [6, 6.07) is 10.1. The molecule has 94 valence electrons. The topological polar surface area (TPSA) is 17.1 Å². The van der Waals surface area contributed by atoms with E-state index in [1.807, 2.05) is 0 Å². The van der Waals surface area contributed by atoms with E-state index in [-0.39, 0.29) is 11.6 Å². The van der Waals surface area contributed by atoms with E-state index in [0.29, 0.717) is 9.37 Å². The quantitative estimate of drug-likeness (QED) is 0.830. The zero-order chi connectivity index (χ0) is 13.1. The molecule has 2 aromatic rings. The highest BCUT2D eigenvalue weighted by Gasteiger charge is 2.08. The maximum absolute atomic E-state index is 13.0. The molecule has 1 nitrogen and oxygen atoms in total. The lowest BCUT2D eigenvalue weighted by Gasteiger charge is -2.04. The average molecular weight is 331 g/mol. The van der Waals surface area contributed by atoms with Gasteiger partial charge in [0.05, 0.1) is 21.0 Å². The average Bonchev–Trinajstić information content (AvgIpc) is 2.34. The fourth-order valence-electron chi connectivity index (χ4n) is 1.47. The number of halogens is 3. The molecule has 0 N–H and O–H groups in total. The van der Waals surface area contributed by atoms with E-state index in [2.05, 4.69) is 15.9 Å². The monoisotopic (exact) mass is 330 g/mol. The summed E-state index contributed by atoms with van der Waals surface area (Å²) in [6.45, 7) is 0. The summed E-state index contributed by atoms with van der Waals surface area (Å²) in [5.41, 5.74) is 0.728. The van der Waals surface area contributed by atoms with Gasteiger partial charge in [-0.1, -0.05) is 12.1 Å². The molecular weight excluding hydrogens is 322 g/mol. The van der Waals surface area contributed by atoms with Gasteiger partial charge >= 0.3 is 0 Å². The molecule has 0 saturated heterocycles. The van der Waals surface area contributed by atoms with E-state index < -0.39 is 16.6 Å². The summed E-state index contributed by atoms with van der Waals surface area (Å²) in [5.74, 6) is -0.557. The van der Waals surface area contributed by atoms with Crippen molar-refractivity contribution in [3.05, 3.63) is 64.1 Å². The highest BCUT2D eigenvalue weighted by Crippen LogP contribution is 2.19. The third-order valence-corrected chi connectivity index (χ3v) is 4.32. The normalized spacial score (nSPS) is 12.4. The molecule has 0 heterocycles. The second-order valence-corrected chi connectivity index (χ2v) is 6.00. The molecular formula is C13H9BrF2OS. The Morgan fingerprint density at radius 1 is 1.11 bits per heavy atom. The van der Waals surface area contributed by atoms with Gasteiger partial charge in [0.25, 0.3) is 0 Å². The van der Waals surface area contributed by atoms with Gasteiger partial charge in [-0.05, 0) is 51.8 Å². The minimum absolute atomic E-state index is 0.225. The van der Waals surface area contributed by atoms with E-state index in [0.717, 1.165) is 5.56 Å². The Morgan fingerprint density at radius 2 is 1.89 bits per heavy atom. The molecule has 1 unspecified atom stereocenters. The highest BCUT2D eigenvalue weighted by molar-refractivity contribution is 9.10. The second kappa shape index (κ2) is 5.71. The van der Waals surface area contributed by atoms with Crippen LogP contribution in [-0.2, 0) is 16.6 Å². The van der Waals surface area contributed by atoms with E-state index in [9.17, 15) is 13.0 Å². The molecule has 2 rings (SSSR count). The zero-order valence-electron chi connectivity index (χ0n) is 9.20.